The van der Waals surface area contributed by atoms with Crippen molar-refractivity contribution < 1.29 is 18.9 Å². The van der Waals surface area contributed by atoms with Crippen LogP contribution < -0.4 is 29.6 Å². The molecule has 6 aromatic carbocycles. The molecule has 2 N–H and O–H groups in total. The SMILES string of the molecule is COc1ccc(-c2c(-c3ccc(N)cc3)ccc(N(c3ccc(OC)cc3)c3ccc(OC)cc3)c2-c2ccc(OC)cc2)cc1. The first-order valence-electron chi connectivity index (χ1n) is 14.9. The second-order valence-corrected chi connectivity index (χ2v) is 10.7. The molecular formula is C40H36N2O4. The molecule has 6 heteroatoms. The summed E-state index contributed by atoms with van der Waals surface area (Å²) >= 11 is 0. The summed E-state index contributed by atoms with van der Waals surface area (Å²) < 4.78 is 22.1. The lowest BCUT2D eigenvalue weighted by Crippen LogP contribution is -2.12. The van der Waals surface area contributed by atoms with Crippen molar-refractivity contribution >= 4 is 22.7 Å². The van der Waals surface area contributed by atoms with E-state index in [0.29, 0.717) is 5.69 Å². The molecule has 0 spiro atoms. The molecule has 0 unspecified atom stereocenters. The van der Waals surface area contributed by atoms with E-state index in [4.69, 9.17) is 24.7 Å². The minimum atomic E-state index is 0.715. The van der Waals surface area contributed by atoms with E-state index in [1.54, 1.807) is 28.4 Å². The van der Waals surface area contributed by atoms with Gasteiger partial charge in [-0.1, -0.05) is 42.5 Å². The molecule has 0 bridgehead atoms. The van der Waals surface area contributed by atoms with Gasteiger partial charge in [0.25, 0.3) is 0 Å². The van der Waals surface area contributed by atoms with Crippen LogP contribution in [-0.2, 0) is 0 Å². The summed E-state index contributed by atoms with van der Waals surface area (Å²) in [6.07, 6.45) is 0. The second kappa shape index (κ2) is 13.4. The third-order valence-corrected chi connectivity index (χ3v) is 8.06. The van der Waals surface area contributed by atoms with Crippen LogP contribution >= 0.6 is 0 Å². The molecule has 0 fully saturated rings. The van der Waals surface area contributed by atoms with Crippen LogP contribution in [0.4, 0.5) is 22.7 Å². The van der Waals surface area contributed by atoms with Crippen molar-refractivity contribution in [2.45, 2.75) is 0 Å². The number of nitrogen functional groups attached to an aromatic ring is 1. The van der Waals surface area contributed by atoms with Crippen LogP contribution in [0.25, 0.3) is 33.4 Å². The Morgan fingerprint density at radius 1 is 0.391 bits per heavy atom. The summed E-state index contributed by atoms with van der Waals surface area (Å²) in [6, 6.07) is 45.0. The van der Waals surface area contributed by atoms with Crippen molar-refractivity contribution in [2.75, 3.05) is 39.1 Å². The fourth-order valence-corrected chi connectivity index (χ4v) is 5.68. The summed E-state index contributed by atoms with van der Waals surface area (Å²) in [6.45, 7) is 0. The molecule has 0 aromatic heterocycles. The number of ether oxygens (including phenoxy) is 4. The van der Waals surface area contributed by atoms with Crippen LogP contribution in [0.5, 0.6) is 23.0 Å². The number of methoxy groups -OCH3 is 4. The number of hydrogen-bond acceptors (Lipinski definition) is 6. The molecule has 6 aromatic rings. The maximum Gasteiger partial charge on any atom is 0.119 e. The van der Waals surface area contributed by atoms with E-state index >= 15 is 0 Å². The molecular weight excluding hydrogens is 572 g/mol. The van der Waals surface area contributed by atoms with Gasteiger partial charge in [-0.25, -0.2) is 0 Å². The monoisotopic (exact) mass is 608 g/mol. The zero-order valence-electron chi connectivity index (χ0n) is 26.4. The maximum absolute atomic E-state index is 6.12. The van der Waals surface area contributed by atoms with Gasteiger partial charge in [0.15, 0.2) is 0 Å². The molecule has 0 amide bonds. The van der Waals surface area contributed by atoms with Gasteiger partial charge in [-0.2, -0.15) is 0 Å². The van der Waals surface area contributed by atoms with E-state index in [-0.39, 0.29) is 0 Å². The van der Waals surface area contributed by atoms with E-state index in [1.807, 2.05) is 60.7 Å². The summed E-state index contributed by atoms with van der Waals surface area (Å²) in [7, 11) is 6.71. The van der Waals surface area contributed by atoms with Gasteiger partial charge in [0.2, 0.25) is 0 Å². The fraction of sp³-hybridized carbons (Fsp3) is 0.100. The third kappa shape index (κ3) is 6.06. The molecule has 0 heterocycles. The van der Waals surface area contributed by atoms with Gasteiger partial charge in [0.1, 0.15) is 23.0 Å². The summed E-state index contributed by atoms with van der Waals surface area (Å²) in [5, 5.41) is 0. The average Bonchev–Trinajstić information content (AvgIpc) is 3.12. The van der Waals surface area contributed by atoms with Gasteiger partial charge in [0.05, 0.1) is 34.1 Å². The minimum Gasteiger partial charge on any atom is -0.497 e. The highest BCUT2D eigenvalue weighted by atomic mass is 16.5. The molecule has 6 rings (SSSR count). The molecule has 46 heavy (non-hydrogen) atoms. The highest BCUT2D eigenvalue weighted by Gasteiger charge is 2.24. The lowest BCUT2D eigenvalue weighted by molar-refractivity contribution is 0.414. The van der Waals surface area contributed by atoms with Gasteiger partial charge in [-0.3, -0.25) is 0 Å². The Morgan fingerprint density at radius 3 is 1.17 bits per heavy atom. The van der Waals surface area contributed by atoms with Crippen molar-refractivity contribution in [3.05, 3.63) is 133 Å². The van der Waals surface area contributed by atoms with E-state index < -0.39 is 0 Å². The predicted octanol–water partition coefficient (Wildman–Crippen LogP) is 9.77. The molecule has 0 aliphatic rings. The normalized spacial score (nSPS) is 10.7. The Balaban J connectivity index is 1.71. The Labute approximate surface area is 270 Å². The van der Waals surface area contributed by atoms with Crippen molar-refractivity contribution in [1.29, 1.82) is 0 Å². The Kier molecular flexibility index (Phi) is 8.79. The second-order valence-electron chi connectivity index (χ2n) is 10.7. The summed E-state index contributed by atoms with van der Waals surface area (Å²) in [5.41, 5.74) is 16.1. The molecule has 0 saturated heterocycles. The Morgan fingerprint density at radius 2 is 0.761 bits per heavy atom. The van der Waals surface area contributed by atoms with Crippen molar-refractivity contribution in [1.82, 2.24) is 0 Å². The van der Waals surface area contributed by atoms with Crippen molar-refractivity contribution in [3.8, 4) is 56.4 Å². The van der Waals surface area contributed by atoms with Gasteiger partial charge < -0.3 is 29.6 Å². The average molecular weight is 609 g/mol. The molecule has 6 nitrogen and oxygen atoms in total. The van der Waals surface area contributed by atoms with Crippen LogP contribution in [0.2, 0.25) is 0 Å². The largest absolute Gasteiger partial charge is 0.497 e. The van der Waals surface area contributed by atoms with Gasteiger partial charge in [-0.15, -0.1) is 0 Å². The summed E-state index contributed by atoms with van der Waals surface area (Å²) in [5.74, 6) is 3.14. The standard InChI is InChI=1S/C40H36N2O4/c1-43-33-17-7-28(8-18-33)39-37(27-5-11-30(41)12-6-27)25-26-38(40(39)29-9-19-34(44-2)20-10-29)42(31-13-21-35(45-3)22-14-31)32-15-23-36(46-4)24-16-32/h5-26H,41H2,1-4H3. The number of rotatable bonds is 10. The first-order valence-corrected chi connectivity index (χ1v) is 14.9. The molecule has 230 valence electrons. The predicted molar refractivity (Wildman–Crippen MR) is 188 cm³/mol. The lowest BCUT2D eigenvalue weighted by Gasteiger charge is -2.30. The first-order chi connectivity index (χ1) is 22.5. The molecule has 0 radical (unpaired) electrons. The molecule has 0 aliphatic carbocycles. The van der Waals surface area contributed by atoms with E-state index in [2.05, 4.69) is 77.7 Å². The number of benzene rings is 6. The van der Waals surface area contributed by atoms with Crippen LogP contribution in [0, 0.1) is 0 Å². The van der Waals surface area contributed by atoms with Crippen LogP contribution in [0.3, 0.4) is 0 Å². The van der Waals surface area contributed by atoms with E-state index in [9.17, 15) is 0 Å². The molecule has 0 saturated carbocycles. The number of anilines is 4. The highest BCUT2D eigenvalue weighted by Crippen LogP contribution is 2.49. The first kappa shape index (κ1) is 30.2. The van der Waals surface area contributed by atoms with E-state index in [1.165, 1.54) is 0 Å². The molecule has 0 aliphatic heterocycles. The van der Waals surface area contributed by atoms with Crippen LogP contribution in [0.15, 0.2) is 133 Å². The van der Waals surface area contributed by atoms with Crippen molar-refractivity contribution in [3.63, 3.8) is 0 Å². The lowest BCUT2D eigenvalue weighted by atomic mass is 9.85. The minimum absolute atomic E-state index is 0.715. The van der Waals surface area contributed by atoms with Crippen LogP contribution in [0.1, 0.15) is 0 Å². The van der Waals surface area contributed by atoms with Gasteiger partial charge in [0, 0.05) is 22.6 Å². The molecule has 0 atom stereocenters. The quantitative estimate of drug-likeness (QED) is 0.156. The Bertz CT molecular complexity index is 1850. The topological polar surface area (TPSA) is 66.2 Å². The highest BCUT2D eigenvalue weighted by molar-refractivity contribution is 6.03. The van der Waals surface area contributed by atoms with Crippen molar-refractivity contribution in [2.24, 2.45) is 0 Å². The van der Waals surface area contributed by atoms with Gasteiger partial charge >= 0.3 is 0 Å². The van der Waals surface area contributed by atoms with Gasteiger partial charge in [-0.05, 0) is 119 Å². The third-order valence-electron chi connectivity index (χ3n) is 8.06. The van der Waals surface area contributed by atoms with E-state index in [0.717, 1.165) is 73.4 Å². The fourth-order valence-electron chi connectivity index (χ4n) is 5.68. The number of nitrogens with zero attached hydrogens (tertiary/aromatic N) is 1. The Hall–Kier alpha value is -5.88. The summed E-state index contributed by atoms with van der Waals surface area (Å²) in [4.78, 5) is 2.26. The zero-order valence-corrected chi connectivity index (χ0v) is 26.4. The zero-order chi connectivity index (χ0) is 32.0. The number of nitrogens with two attached hydrogens (primary N) is 1. The maximum atomic E-state index is 6.12. The van der Waals surface area contributed by atoms with Crippen LogP contribution in [-0.4, -0.2) is 28.4 Å². The number of hydrogen-bond donors (Lipinski definition) is 1. The smallest absolute Gasteiger partial charge is 0.119 e.